The maximum atomic E-state index is 12.6. The molecule has 2 saturated carbocycles. The first-order chi connectivity index (χ1) is 11.5. The van der Waals surface area contributed by atoms with Crippen LogP contribution in [0, 0.1) is 17.8 Å². The maximum Gasteiger partial charge on any atom is 0.252 e. The van der Waals surface area contributed by atoms with E-state index in [4.69, 9.17) is 17.3 Å². The lowest BCUT2D eigenvalue weighted by Crippen LogP contribution is -2.42. The molecule has 3 rings (SSSR count). The van der Waals surface area contributed by atoms with Gasteiger partial charge in [-0.15, -0.1) is 12.4 Å². The molecule has 0 saturated heterocycles. The summed E-state index contributed by atoms with van der Waals surface area (Å²) in [4.78, 5) is 24.6. The van der Waals surface area contributed by atoms with Gasteiger partial charge in [0.1, 0.15) is 0 Å². The molecular weight excluding hydrogens is 361 g/mol. The monoisotopic (exact) mass is 385 g/mol. The zero-order chi connectivity index (χ0) is 17.3. The van der Waals surface area contributed by atoms with Crippen molar-refractivity contribution in [2.45, 2.75) is 38.6 Å². The van der Waals surface area contributed by atoms with Gasteiger partial charge >= 0.3 is 0 Å². The quantitative estimate of drug-likeness (QED) is 0.727. The first-order valence-corrected chi connectivity index (χ1v) is 9.03. The summed E-state index contributed by atoms with van der Waals surface area (Å²) in [5.74, 6) is 0.539. The van der Waals surface area contributed by atoms with Gasteiger partial charge in [-0.1, -0.05) is 18.5 Å². The van der Waals surface area contributed by atoms with E-state index in [-0.39, 0.29) is 36.2 Å². The number of hydrogen-bond donors (Lipinski definition) is 3. The Morgan fingerprint density at radius 2 is 2.00 bits per heavy atom. The van der Waals surface area contributed by atoms with Crippen LogP contribution in [0.1, 0.15) is 43.0 Å². The van der Waals surface area contributed by atoms with Crippen LogP contribution >= 0.6 is 24.0 Å². The van der Waals surface area contributed by atoms with Crippen LogP contribution in [0.15, 0.2) is 18.2 Å². The Balaban J connectivity index is 0.00000225. The second-order valence-corrected chi connectivity index (χ2v) is 7.28. The second-order valence-electron chi connectivity index (χ2n) is 6.88. The van der Waals surface area contributed by atoms with Gasteiger partial charge in [0.15, 0.2) is 0 Å². The number of amides is 2. The van der Waals surface area contributed by atoms with Gasteiger partial charge in [0, 0.05) is 18.3 Å². The summed E-state index contributed by atoms with van der Waals surface area (Å²) in [7, 11) is 0. The molecule has 4 atom stereocenters. The van der Waals surface area contributed by atoms with E-state index in [0.717, 1.165) is 25.7 Å². The number of rotatable bonds is 5. The van der Waals surface area contributed by atoms with Crippen molar-refractivity contribution < 1.29 is 9.59 Å². The summed E-state index contributed by atoms with van der Waals surface area (Å²) < 4.78 is 0. The van der Waals surface area contributed by atoms with E-state index in [1.54, 1.807) is 18.2 Å². The first-order valence-electron chi connectivity index (χ1n) is 8.65. The molecule has 25 heavy (non-hydrogen) atoms. The standard InChI is InChI=1S/C18H24ClN3O2.ClH/c1-2-7-21-17(23)13-6-5-12(9-14(13)19)22-18(24)15-10-3-4-11(8-10)16(15)20;/h5-6,9-11,15-16H,2-4,7-8,20H2,1H3,(H,21,23)(H,22,24);1H. The number of carbonyl (C=O) groups excluding carboxylic acids is 2. The summed E-state index contributed by atoms with van der Waals surface area (Å²) >= 11 is 6.20. The number of fused-ring (bicyclic) bond motifs is 2. The van der Waals surface area contributed by atoms with Crippen molar-refractivity contribution >= 4 is 41.5 Å². The summed E-state index contributed by atoms with van der Waals surface area (Å²) in [5.41, 5.74) is 7.24. The van der Waals surface area contributed by atoms with Gasteiger partial charge in [0.05, 0.1) is 16.5 Å². The van der Waals surface area contributed by atoms with Crippen LogP contribution < -0.4 is 16.4 Å². The van der Waals surface area contributed by atoms with Crippen LogP contribution in [-0.4, -0.2) is 24.4 Å². The van der Waals surface area contributed by atoms with Gasteiger partial charge in [0.2, 0.25) is 5.91 Å². The highest BCUT2D eigenvalue weighted by atomic mass is 35.5. The molecule has 2 aliphatic carbocycles. The maximum absolute atomic E-state index is 12.6. The highest BCUT2D eigenvalue weighted by molar-refractivity contribution is 6.34. The fraction of sp³-hybridized carbons (Fsp3) is 0.556. The minimum atomic E-state index is -0.199. The minimum Gasteiger partial charge on any atom is -0.352 e. The number of benzene rings is 1. The Kier molecular flexibility index (Phi) is 6.72. The Hall–Kier alpha value is -1.30. The van der Waals surface area contributed by atoms with Crippen molar-refractivity contribution in [1.82, 2.24) is 5.32 Å². The summed E-state index contributed by atoms with van der Waals surface area (Å²) in [6.07, 6.45) is 4.16. The third kappa shape index (κ3) is 4.10. The van der Waals surface area contributed by atoms with Gasteiger partial charge in [-0.3, -0.25) is 9.59 Å². The third-order valence-corrected chi connectivity index (χ3v) is 5.61. The predicted octanol–water partition coefficient (Wildman–Crippen LogP) is 3.21. The first kappa shape index (κ1) is 20.0. The summed E-state index contributed by atoms with van der Waals surface area (Å²) in [6.45, 7) is 2.59. The van der Waals surface area contributed by atoms with Gasteiger partial charge in [0.25, 0.3) is 5.91 Å². The van der Waals surface area contributed by atoms with Crippen molar-refractivity contribution in [3.05, 3.63) is 28.8 Å². The van der Waals surface area contributed by atoms with E-state index >= 15 is 0 Å². The molecule has 2 aliphatic rings. The van der Waals surface area contributed by atoms with Gasteiger partial charge in [-0.05, 0) is 55.7 Å². The van der Waals surface area contributed by atoms with E-state index < -0.39 is 0 Å². The van der Waals surface area contributed by atoms with Gasteiger partial charge in [-0.25, -0.2) is 0 Å². The smallest absolute Gasteiger partial charge is 0.252 e. The van der Waals surface area contributed by atoms with Crippen LogP contribution in [0.2, 0.25) is 5.02 Å². The average Bonchev–Trinajstić information content (AvgIpc) is 3.13. The van der Waals surface area contributed by atoms with Crippen LogP contribution in [-0.2, 0) is 4.79 Å². The molecule has 2 bridgehead atoms. The molecule has 7 heteroatoms. The van der Waals surface area contributed by atoms with Crippen molar-refractivity contribution in [2.24, 2.45) is 23.5 Å². The number of halogens is 2. The summed E-state index contributed by atoms with van der Waals surface area (Å²) in [5, 5.41) is 6.04. The molecule has 2 amide bonds. The topological polar surface area (TPSA) is 84.2 Å². The molecule has 0 heterocycles. The molecule has 1 aromatic carbocycles. The lowest BCUT2D eigenvalue weighted by atomic mass is 9.84. The van der Waals surface area contributed by atoms with E-state index in [9.17, 15) is 9.59 Å². The molecule has 2 fully saturated rings. The van der Waals surface area contributed by atoms with Crippen LogP contribution in [0.4, 0.5) is 5.69 Å². The molecule has 0 spiro atoms. The third-order valence-electron chi connectivity index (χ3n) is 5.30. The Labute approximate surface area is 159 Å². The average molecular weight is 386 g/mol. The Morgan fingerprint density at radius 1 is 1.28 bits per heavy atom. The number of nitrogens with two attached hydrogens (primary N) is 1. The molecule has 5 nitrogen and oxygen atoms in total. The molecule has 138 valence electrons. The molecular formula is C18H25Cl2N3O2. The zero-order valence-corrected chi connectivity index (χ0v) is 15.8. The second kappa shape index (κ2) is 8.39. The van der Waals surface area contributed by atoms with E-state index in [1.807, 2.05) is 6.92 Å². The number of nitrogens with one attached hydrogen (secondary N) is 2. The molecule has 0 radical (unpaired) electrons. The molecule has 1 aromatic rings. The molecule has 4 unspecified atom stereocenters. The van der Waals surface area contributed by atoms with E-state index in [1.165, 1.54) is 0 Å². The molecule has 4 N–H and O–H groups in total. The lowest BCUT2D eigenvalue weighted by Gasteiger charge is -2.27. The van der Waals surface area contributed by atoms with Crippen molar-refractivity contribution in [2.75, 3.05) is 11.9 Å². The fourth-order valence-corrected chi connectivity index (χ4v) is 4.33. The van der Waals surface area contributed by atoms with Crippen molar-refractivity contribution in [1.29, 1.82) is 0 Å². The Morgan fingerprint density at radius 3 is 2.60 bits per heavy atom. The lowest BCUT2D eigenvalue weighted by molar-refractivity contribution is -0.121. The van der Waals surface area contributed by atoms with Gasteiger partial charge < -0.3 is 16.4 Å². The highest BCUT2D eigenvalue weighted by Gasteiger charge is 2.49. The normalized spacial score (nSPS) is 26.8. The van der Waals surface area contributed by atoms with Crippen LogP contribution in [0.25, 0.3) is 0 Å². The van der Waals surface area contributed by atoms with Crippen molar-refractivity contribution in [3.63, 3.8) is 0 Å². The Bertz CT molecular complexity index is 651. The molecule has 0 aromatic heterocycles. The highest BCUT2D eigenvalue weighted by Crippen LogP contribution is 2.47. The van der Waals surface area contributed by atoms with Crippen molar-refractivity contribution in [3.8, 4) is 0 Å². The van der Waals surface area contributed by atoms with E-state index in [2.05, 4.69) is 10.6 Å². The van der Waals surface area contributed by atoms with Crippen LogP contribution in [0.3, 0.4) is 0 Å². The summed E-state index contributed by atoms with van der Waals surface area (Å²) in [6, 6.07) is 4.94. The fourth-order valence-electron chi connectivity index (χ4n) is 4.06. The SMILES string of the molecule is CCCNC(=O)c1ccc(NC(=O)C2C3CCC(C3)C2N)cc1Cl.Cl. The zero-order valence-electron chi connectivity index (χ0n) is 14.3. The number of hydrogen-bond acceptors (Lipinski definition) is 3. The molecule has 0 aliphatic heterocycles. The van der Waals surface area contributed by atoms with E-state index in [0.29, 0.717) is 34.7 Å². The predicted molar refractivity (Wildman–Crippen MR) is 102 cm³/mol. The number of carbonyl (C=O) groups is 2. The van der Waals surface area contributed by atoms with Gasteiger partial charge in [-0.2, -0.15) is 0 Å². The minimum absolute atomic E-state index is 0. The van der Waals surface area contributed by atoms with Crippen LogP contribution in [0.5, 0.6) is 0 Å². The number of anilines is 1. The largest absolute Gasteiger partial charge is 0.352 e.